The molecule has 3 unspecified atom stereocenters. The van der Waals surface area contributed by atoms with Crippen LogP contribution in [0.3, 0.4) is 0 Å². The second kappa shape index (κ2) is 11.6. The molecule has 1 aromatic heterocycles. The van der Waals surface area contributed by atoms with Crippen LogP contribution in [0.25, 0.3) is 4.91 Å². The number of rotatable bonds is 9. The lowest BCUT2D eigenvalue weighted by atomic mass is 9.93. The van der Waals surface area contributed by atoms with Gasteiger partial charge in [0.2, 0.25) is 21.8 Å². The number of ether oxygens (including phenoxy) is 3. The fourth-order valence-corrected chi connectivity index (χ4v) is 8.37. The van der Waals surface area contributed by atoms with Crippen LogP contribution in [-0.2, 0) is 24.3 Å². The summed E-state index contributed by atoms with van der Waals surface area (Å²) in [4.78, 5) is 36.2. The van der Waals surface area contributed by atoms with Crippen LogP contribution in [0.1, 0.15) is 37.3 Å². The lowest BCUT2D eigenvalue weighted by Gasteiger charge is -2.50. The maximum Gasteiger partial charge on any atom is 0.328 e. The summed E-state index contributed by atoms with van der Waals surface area (Å²) in [6.45, 7) is 3.34. The molecule has 0 aliphatic carbocycles. The van der Waals surface area contributed by atoms with Crippen LogP contribution in [0, 0.1) is 5.92 Å². The van der Waals surface area contributed by atoms with E-state index in [4.69, 9.17) is 18.6 Å². The van der Waals surface area contributed by atoms with Gasteiger partial charge in [-0.15, -0.1) is 0 Å². The summed E-state index contributed by atoms with van der Waals surface area (Å²) in [7, 11) is -1.84. The van der Waals surface area contributed by atoms with Gasteiger partial charge in [0.25, 0.3) is 0 Å². The van der Waals surface area contributed by atoms with Crippen LogP contribution in [0.2, 0.25) is 0 Å². The fraction of sp³-hybridized carbons (Fsp3) is 0.536. The number of urea groups is 1. The standard InChI is InChI=1S/C28H34N4O8S2/c1-17-23-26(33)32(18-14-30(15-18)42(3,35)36)28(34)31(27(23)41-24(17)25-29-10-13-39-25)16-22(40-19-8-11-38-12-9-19)20-6-4-5-7-21(20)37-2/h4-7,10,13,18-19,22-23,27H,8-9,11-12,14-16H2,1-3H3. The predicted octanol–water partition coefficient (Wildman–Crippen LogP) is 2.95. The third-order valence-electron chi connectivity index (χ3n) is 8.27. The van der Waals surface area contributed by atoms with Gasteiger partial charge >= 0.3 is 6.03 Å². The summed E-state index contributed by atoms with van der Waals surface area (Å²) in [6.07, 6.45) is 4.97. The number of thioether (sulfide) groups is 1. The van der Waals surface area contributed by atoms with E-state index in [0.29, 0.717) is 29.8 Å². The number of imide groups is 1. The first kappa shape index (κ1) is 29.2. The number of para-hydroxylation sites is 1. The molecule has 14 heteroatoms. The van der Waals surface area contributed by atoms with Crippen molar-refractivity contribution in [3.05, 3.63) is 53.8 Å². The van der Waals surface area contributed by atoms with Gasteiger partial charge in [-0.3, -0.25) is 9.69 Å². The Labute approximate surface area is 249 Å². The highest BCUT2D eigenvalue weighted by Crippen LogP contribution is 2.52. The van der Waals surface area contributed by atoms with Crippen LogP contribution < -0.4 is 4.74 Å². The number of fused-ring (bicyclic) bond motifs is 1. The average molecular weight is 619 g/mol. The Kier molecular flexibility index (Phi) is 8.09. The van der Waals surface area contributed by atoms with Crippen molar-refractivity contribution in [3.8, 4) is 5.75 Å². The SMILES string of the molecule is COc1ccccc1C(CN1C(=O)N(C2CN(S(C)(=O)=O)C2)C(=O)C2C(C)=C(c3ncco3)SC21)OC1CCOCC1. The van der Waals surface area contributed by atoms with Gasteiger partial charge in [-0.25, -0.2) is 18.2 Å². The van der Waals surface area contributed by atoms with Crippen molar-refractivity contribution >= 4 is 38.6 Å². The summed E-state index contributed by atoms with van der Waals surface area (Å²) < 4.78 is 48.9. The molecule has 3 amide bonds. The molecule has 3 fully saturated rings. The predicted molar refractivity (Wildman–Crippen MR) is 154 cm³/mol. The lowest BCUT2D eigenvalue weighted by Crippen LogP contribution is -2.70. The Morgan fingerprint density at radius 2 is 1.90 bits per heavy atom. The van der Waals surface area contributed by atoms with Gasteiger partial charge in [-0.2, -0.15) is 4.31 Å². The summed E-state index contributed by atoms with van der Waals surface area (Å²) in [5.41, 5.74) is 1.56. The number of oxazole rings is 1. The number of methoxy groups -OCH3 is 1. The molecule has 0 bridgehead atoms. The van der Waals surface area contributed by atoms with E-state index in [1.165, 1.54) is 27.2 Å². The Hall–Kier alpha value is -2.91. The highest BCUT2D eigenvalue weighted by molar-refractivity contribution is 8.09. The monoisotopic (exact) mass is 618 g/mol. The van der Waals surface area contributed by atoms with E-state index in [9.17, 15) is 18.0 Å². The van der Waals surface area contributed by atoms with E-state index in [1.807, 2.05) is 31.2 Å². The van der Waals surface area contributed by atoms with Crippen molar-refractivity contribution < 1.29 is 36.6 Å². The molecule has 2 aromatic rings. The van der Waals surface area contributed by atoms with Crippen molar-refractivity contribution in [3.63, 3.8) is 0 Å². The molecule has 3 atom stereocenters. The minimum atomic E-state index is -3.44. The molecule has 0 saturated carbocycles. The van der Waals surface area contributed by atoms with Gasteiger partial charge in [-0.05, 0) is 31.4 Å². The van der Waals surface area contributed by atoms with Gasteiger partial charge in [0.15, 0.2) is 0 Å². The summed E-state index contributed by atoms with van der Waals surface area (Å²) in [6, 6.07) is 6.54. The zero-order valence-corrected chi connectivity index (χ0v) is 25.3. The van der Waals surface area contributed by atoms with E-state index < -0.39 is 39.5 Å². The normalized spacial score (nSPS) is 25.1. The van der Waals surface area contributed by atoms with Crippen LogP contribution in [0.5, 0.6) is 5.75 Å². The zero-order valence-electron chi connectivity index (χ0n) is 23.7. The lowest BCUT2D eigenvalue weighted by molar-refractivity contribution is -0.140. The molecule has 3 saturated heterocycles. The topological polar surface area (TPSA) is 132 Å². The molecular formula is C28H34N4O8S2. The number of hydrogen-bond donors (Lipinski definition) is 0. The van der Waals surface area contributed by atoms with E-state index in [2.05, 4.69) is 4.98 Å². The van der Waals surface area contributed by atoms with E-state index >= 15 is 0 Å². The number of carbonyl (C=O) groups excluding carboxylic acids is 2. The summed E-state index contributed by atoms with van der Waals surface area (Å²) >= 11 is 1.38. The average Bonchev–Trinajstić information content (AvgIpc) is 3.59. The molecular weight excluding hydrogens is 584 g/mol. The maximum absolute atomic E-state index is 14.3. The van der Waals surface area contributed by atoms with Crippen molar-refractivity contribution in [1.29, 1.82) is 0 Å². The van der Waals surface area contributed by atoms with Gasteiger partial charge in [0, 0.05) is 31.9 Å². The first-order valence-electron chi connectivity index (χ1n) is 13.9. The minimum absolute atomic E-state index is 0.0680. The second-order valence-corrected chi connectivity index (χ2v) is 14.0. The fourth-order valence-electron chi connectivity index (χ4n) is 5.97. The number of carbonyl (C=O) groups is 2. The molecule has 4 aliphatic heterocycles. The smallest absolute Gasteiger partial charge is 0.328 e. The summed E-state index contributed by atoms with van der Waals surface area (Å²) in [5.74, 6) is 0.0406. The Bertz CT molecular complexity index is 1470. The summed E-state index contributed by atoms with van der Waals surface area (Å²) in [5, 5.41) is -0.551. The van der Waals surface area contributed by atoms with Crippen LogP contribution in [0.4, 0.5) is 4.79 Å². The van der Waals surface area contributed by atoms with E-state index in [1.54, 1.807) is 18.2 Å². The van der Waals surface area contributed by atoms with Gasteiger partial charge in [0.05, 0.1) is 54.4 Å². The quantitative estimate of drug-likeness (QED) is 0.413. The molecule has 226 valence electrons. The van der Waals surface area contributed by atoms with Gasteiger partial charge in [0.1, 0.15) is 18.1 Å². The number of amides is 3. The molecule has 12 nitrogen and oxygen atoms in total. The molecule has 1 aromatic carbocycles. The zero-order chi connectivity index (χ0) is 29.6. The molecule has 0 spiro atoms. The molecule has 0 radical (unpaired) electrons. The number of aromatic nitrogens is 1. The van der Waals surface area contributed by atoms with Crippen molar-refractivity contribution in [2.24, 2.45) is 5.92 Å². The Morgan fingerprint density at radius 1 is 1.17 bits per heavy atom. The highest BCUT2D eigenvalue weighted by atomic mass is 32.2. The van der Waals surface area contributed by atoms with Gasteiger partial charge in [-0.1, -0.05) is 30.0 Å². The van der Waals surface area contributed by atoms with Crippen LogP contribution in [0.15, 0.2) is 46.7 Å². The van der Waals surface area contributed by atoms with E-state index in [0.717, 1.165) is 30.2 Å². The van der Waals surface area contributed by atoms with Gasteiger partial charge < -0.3 is 23.5 Å². The second-order valence-electron chi connectivity index (χ2n) is 10.9. The molecule has 0 N–H and O–H groups in total. The Balaban J connectivity index is 1.36. The van der Waals surface area contributed by atoms with E-state index in [-0.39, 0.29) is 31.6 Å². The maximum atomic E-state index is 14.3. The van der Waals surface area contributed by atoms with Crippen LogP contribution in [-0.4, -0.2) is 103 Å². The first-order chi connectivity index (χ1) is 20.2. The minimum Gasteiger partial charge on any atom is -0.496 e. The Morgan fingerprint density at radius 3 is 2.57 bits per heavy atom. The molecule has 4 aliphatic rings. The molecule has 5 heterocycles. The molecule has 42 heavy (non-hydrogen) atoms. The third-order valence-corrected chi connectivity index (χ3v) is 11.0. The van der Waals surface area contributed by atoms with Crippen molar-refractivity contribution in [1.82, 2.24) is 19.1 Å². The first-order valence-corrected chi connectivity index (χ1v) is 16.6. The number of nitrogens with zero attached hydrogens (tertiary/aromatic N) is 4. The highest BCUT2D eigenvalue weighted by Gasteiger charge is 2.56. The largest absolute Gasteiger partial charge is 0.496 e. The van der Waals surface area contributed by atoms with Crippen molar-refractivity contribution in [2.45, 2.75) is 43.4 Å². The third kappa shape index (κ3) is 5.34. The number of benzene rings is 1. The number of sulfonamides is 1. The van der Waals surface area contributed by atoms with Crippen molar-refractivity contribution in [2.75, 3.05) is 46.2 Å². The number of hydrogen-bond acceptors (Lipinski definition) is 10. The van der Waals surface area contributed by atoms with Crippen LogP contribution >= 0.6 is 11.8 Å². The molecule has 6 rings (SSSR count).